The van der Waals surface area contributed by atoms with Crippen molar-refractivity contribution in [1.29, 1.82) is 0 Å². The van der Waals surface area contributed by atoms with Crippen molar-refractivity contribution in [3.63, 3.8) is 0 Å². The fourth-order valence-electron chi connectivity index (χ4n) is 1.78. The van der Waals surface area contributed by atoms with Crippen LogP contribution in [-0.2, 0) is 4.74 Å². The molecule has 20 heavy (non-hydrogen) atoms. The molecule has 0 heterocycles. The predicted molar refractivity (Wildman–Crippen MR) is 76.5 cm³/mol. The second-order valence-electron chi connectivity index (χ2n) is 5.03. The summed E-state index contributed by atoms with van der Waals surface area (Å²) in [6.07, 6.45) is 0. The van der Waals surface area contributed by atoms with E-state index in [1.807, 2.05) is 20.8 Å². The van der Waals surface area contributed by atoms with Crippen LogP contribution in [0.4, 0.5) is 15.8 Å². The van der Waals surface area contributed by atoms with Gasteiger partial charge in [-0.3, -0.25) is 10.1 Å². The summed E-state index contributed by atoms with van der Waals surface area (Å²) in [5.41, 5.74) is 0.444. The molecule has 1 atom stereocenters. The summed E-state index contributed by atoms with van der Waals surface area (Å²) in [6.45, 7) is 8.49. The summed E-state index contributed by atoms with van der Waals surface area (Å²) in [4.78, 5) is 10.4. The Labute approximate surface area is 118 Å². The third-order valence-corrected chi connectivity index (χ3v) is 3.12. The van der Waals surface area contributed by atoms with Gasteiger partial charge in [0.1, 0.15) is 11.5 Å². The van der Waals surface area contributed by atoms with Crippen LogP contribution in [0, 0.1) is 28.8 Å². The van der Waals surface area contributed by atoms with Crippen molar-refractivity contribution in [3.05, 3.63) is 33.6 Å². The third kappa shape index (κ3) is 4.16. The number of halogens is 1. The fraction of sp³-hybridized carbons (Fsp3) is 0.571. The Balaban J connectivity index is 3.04. The van der Waals surface area contributed by atoms with Gasteiger partial charge in [0.2, 0.25) is 0 Å². The van der Waals surface area contributed by atoms with E-state index in [9.17, 15) is 14.5 Å². The Morgan fingerprint density at radius 3 is 2.60 bits per heavy atom. The molecule has 5 nitrogen and oxygen atoms in total. The summed E-state index contributed by atoms with van der Waals surface area (Å²) in [5, 5.41) is 14.1. The van der Waals surface area contributed by atoms with Gasteiger partial charge < -0.3 is 10.1 Å². The molecule has 0 radical (unpaired) electrons. The van der Waals surface area contributed by atoms with E-state index < -0.39 is 10.7 Å². The van der Waals surface area contributed by atoms with Crippen molar-refractivity contribution in [2.45, 2.75) is 33.7 Å². The summed E-state index contributed by atoms with van der Waals surface area (Å²) in [5.74, 6) is -0.348. The minimum Gasteiger partial charge on any atom is -0.380 e. The number of hydrogen-bond donors (Lipinski definition) is 1. The monoisotopic (exact) mass is 284 g/mol. The normalized spacial score (nSPS) is 12.5. The Morgan fingerprint density at radius 1 is 1.45 bits per heavy atom. The van der Waals surface area contributed by atoms with E-state index in [1.165, 1.54) is 6.07 Å². The summed E-state index contributed by atoms with van der Waals surface area (Å²) < 4.78 is 18.8. The van der Waals surface area contributed by atoms with Crippen molar-refractivity contribution < 1.29 is 14.1 Å². The lowest BCUT2D eigenvalue weighted by Gasteiger charge is -2.23. The first kappa shape index (κ1) is 16.4. The van der Waals surface area contributed by atoms with Gasteiger partial charge >= 0.3 is 0 Å². The maximum absolute atomic E-state index is 13.5. The number of aryl methyl sites for hydroxylation is 1. The molecule has 0 aliphatic carbocycles. The van der Waals surface area contributed by atoms with Crippen molar-refractivity contribution in [1.82, 2.24) is 0 Å². The average molecular weight is 284 g/mol. The molecule has 1 aromatic carbocycles. The molecule has 0 aromatic heterocycles. The molecule has 112 valence electrons. The Kier molecular flexibility index (Phi) is 5.88. The zero-order valence-electron chi connectivity index (χ0n) is 12.3. The van der Waals surface area contributed by atoms with E-state index in [2.05, 4.69) is 5.32 Å². The number of nitrogens with zero attached hydrogens (tertiary/aromatic N) is 1. The SMILES string of the molecule is CCOCC(Nc1cc(C)c(F)cc1[N+](=O)[O-])C(C)C. The molecule has 1 unspecified atom stereocenters. The van der Waals surface area contributed by atoms with Gasteiger partial charge in [-0.2, -0.15) is 0 Å². The summed E-state index contributed by atoms with van der Waals surface area (Å²) in [7, 11) is 0. The van der Waals surface area contributed by atoms with Crippen LogP contribution in [-0.4, -0.2) is 24.2 Å². The van der Waals surface area contributed by atoms with Crippen LogP contribution in [0.3, 0.4) is 0 Å². The van der Waals surface area contributed by atoms with Gasteiger partial charge in [0, 0.05) is 6.61 Å². The minimum atomic E-state index is -0.580. The van der Waals surface area contributed by atoms with Crippen LogP contribution in [0.25, 0.3) is 0 Å². The Hall–Kier alpha value is -1.69. The molecule has 1 rings (SSSR count). The van der Waals surface area contributed by atoms with Crippen LogP contribution in [0.2, 0.25) is 0 Å². The highest BCUT2D eigenvalue weighted by molar-refractivity contribution is 5.63. The number of rotatable bonds is 7. The largest absolute Gasteiger partial charge is 0.380 e. The van der Waals surface area contributed by atoms with E-state index in [0.717, 1.165) is 6.07 Å². The lowest BCUT2D eigenvalue weighted by molar-refractivity contribution is -0.384. The van der Waals surface area contributed by atoms with Gasteiger partial charge in [0.15, 0.2) is 0 Å². The Morgan fingerprint density at radius 2 is 2.10 bits per heavy atom. The maximum atomic E-state index is 13.5. The topological polar surface area (TPSA) is 64.4 Å². The maximum Gasteiger partial charge on any atom is 0.295 e. The molecule has 0 aliphatic rings. The number of ether oxygens (including phenoxy) is 1. The molecule has 1 aromatic rings. The zero-order valence-corrected chi connectivity index (χ0v) is 12.3. The van der Waals surface area contributed by atoms with Gasteiger partial charge in [0.05, 0.1) is 23.6 Å². The highest BCUT2D eigenvalue weighted by Crippen LogP contribution is 2.29. The van der Waals surface area contributed by atoms with Crippen molar-refractivity contribution >= 4 is 11.4 Å². The van der Waals surface area contributed by atoms with Crippen LogP contribution >= 0.6 is 0 Å². The van der Waals surface area contributed by atoms with Gasteiger partial charge in [-0.1, -0.05) is 13.8 Å². The van der Waals surface area contributed by atoms with Gasteiger partial charge in [-0.05, 0) is 31.4 Å². The first-order chi connectivity index (χ1) is 9.36. The molecule has 0 amide bonds. The van der Waals surface area contributed by atoms with E-state index in [-0.39, 0.29) is 17.6 Å². The number of nitrogens with one attached hydrogen (secondary N) is 1. The highest BCUT2D eigenvalue weighted by Gasteiger charge is 2.21. The van der Waals surface area contributed by atoms with E-state index in [4.69, 9.17) is 4.74 Å². The van der Waals surface area contributed by atoms with E-state index in [1.54, 1.807) is 6.92 Å². The number of hydrogen-bond acceptors (Lipinski definition) is 4. The predicted octanol–water partition coefficient (Wildman–Crippen LogP) is 3.52. The van der Waals surface area contributed by atoms with E-state index in [0.29, 0.717) is 24.5 Å². The molecule has 0 saturated carbocycles. The standard InChI is InChI=1S/C14H21FN2O3/c1-5-20-8-13(9(2)3)16-12-6-10(4)11(15)7-14(12)17(18)19/h6-7,9,13,16H,5,8H2,1-4H3. The van der Waals surface area contributed by atoms with Crippen molar-refractivity contribution in [2.24, 2.45) is 5.92 Å². The first-order valence-electron chi connectivity index (χ1n) is 6.65. The third-order valence-electron chi connectivity index (χ3n) is 3.12. The molecule has 6 heteroatoms. The lowest BCUT2D eigenvalue weighted by Crippen LogP contribution is -2.31. The number of nitro groups is 1. The molecule has 0 spiro atoms. The van der Waals surface area contributed by atoms with E-state index >= 15 is 0 Å². The van der Waals surface area contributed by atoms with Crippen LogP contribution < -0.4 is 5.32 Å². The van der Waals surface area contributed by atoms with Gasteiger partial charge in [-0.25, -0.2) is 4.39 Å². The second-order valence-corrected chi connectivity index (χ2v) is 5.03. The lowest BCUT2D eigenvalue weighted by atomic mass is 10.0. The van der Waals surface area contributed by atoms with Crippen LogP contribution in [0.15, 0.2) is 12.1 Å². The molecule has 0 saturated heterocycles. The Bertz CT molecular complexity index is 478. The second kappa shape index (κ2) is 7.19. The molecule has 0 bridgehead atoms. The van der Waals surface area contributed by atoms with Crippen molar-refractivity contribution in [2.75, 3.05) is 18.5 Å². The fourth-order valence-corrected chi connectivity index (χ4v) is 1.78. The number of anilines is 1. The summed E-state index contributed by atoms with van der Waals surface area (Å²) >= 11 is 0. The zero-order chi connectivity index (χ0) is 15.3. The molecular weight excluding hydrogens is 263 g/mol. The van der Waals surface area contributed by atoms with Gasteiger partial charge in [0.25, 0.3) is 5.69 Å². The smallest absolute Gasteiger partial charge is 0.295 e. The van der Waals surface area contributed by atoms with Crippen LogP contribution in [0.1, 0.15) is 26.3 Å². The molecule has 0 fully saturated rings. The first-order valence-corrected chi connectivity index (χ1v) is 6.65. The van der Waals surface area contributed by atoms with Crippen molar-refractivity contribution in [3.8, 4) is 0 Å². The minimum absolute atomic E-state index is 0.0708. The molecule has 1 N–H and O–H groups in total. The summed E-state index contributed by atoms with van der Waals surface area (Å²) in [6, 6.07) is 2.35. The number of nitro benzene ring substituents is 1. The quantitative estimate of drug-likeness (QED) is 0.614. The highest BCUT2D eigenvalue weighted by atomic mass is 19.1. The molecule has 0 aliphatic heterocycles. The average Bonchev–Trinajstić information content (AvgIpc) is 2.37. The van der Waals surface area contributed by atoms with Crippen LogP contribution in [0.5, 0.6) is 0 Å². The van der Waals surface area contributed by atoms with Gasteiger partial charge in [-0.15, -0.1) is 0 Å². The number of benzene rings is 1. The molecular formula is C14H21FN2O3.